The summed E-state index contributed by atoms with van der Waals surface area (Å²) in [6.07, 6.45) is 0.778. The van der Waals surface area contributed by atoms with Gasteiger partial charge in [0, 0.05) is 12.6 Å². The van der Waals surface area contributed by atoms with Crippen LogP contribution in [0, 0.1) is 0 Å². The summed E-state index contributed by atoms with van der Waals surface area (Å²) in [5, 5.41) is 16.2. The lowest BCUT2D eigenvalue weighted by Gasteiger charge is -2.27. The number of alkyl halides is 2. The molecule has 1 aliphatic rings. The molecule has 0 radical (unpaired) electrons. The molecule has 26 heavy (non-hydrogen) atoms. The number of aliphatic imine (C=N–C) groups is 1. The third-order valence-corrected chi connectivity index (χ3v) is 4.08. The first kappa shape index (κ1) is 22.9. The quantitative estimate of drug-likeness (QED) is 0.317. The standard InChI is InChI=1S/C18H27F2N3O2.HI/c1-2-21-18(23-14-6-8-15(24)9-7-14)22-11-13-4-3-5-16(10-13)25-12-17(19)20;/h3-5,10,14-15,17,24H,2,6-9,11-12H2,1H3,(H2,21,22,23);1H. The van der Waals surface area contributed by atoms with Crippen LogP contribution < -0.4 is 15.4 Å². The van der Waals surface area contributed by atoms with Gasteiger partial charge in [0.15, 0.2) is 5.96 Å². The Kier molecular flexibility index (Phi) is 10.8. The van der Waals surface area contributed by atoms with E-state index in [0.717, 1.165) is 43.8 Å². The number of halogens is 3. The molecule has 8 heteroatoms. The van der Waals surface area contributed by atoms with Crippen molar-refractivity contribution in [2.24, 2.45) is 4.99 Å². The molecule has 0 saturated heterocycles. The van der Waals surface area contributed by atoms with E-state index < -0.39 is 13.0 Å². The second kappa shape index (κ2) is 12.3. The molecule has 5 nitrogen and oxygen atoms in total. The van der Waals surface area contributed by atoms with Crippen LogP contribution in [0.3, 0.4) is 0 Å². The highest BCUT2D eigenvalue weighted by Gasteiger charge is 2.19. The molecule has 0 heterocycles. The molecule has 1 aromatic rings. The second-order valence-electron chi connectivity index (χ2n) is 6.19. The van der Waals surface area contributed by atoms with Crippen LogP contribution in [0.2, 0.25) is 0 Å². The minimum atomic E-state index is -2.49. The Bertz CT molecular complexity index is 553. The summed E-state index contributed by atoms with van der Waals surface area (Å²) in [7, 11) is 0. The molecule has 0 aromatic heterocycles. The molecule has 148 valence electrons. The maximum atomic E-state index is 12.2. The van der Waals surface area contributed by atoms with Gasteiger partial charge in [-0.05, 0) is 50.3 Å². The number of rotatable bonds is 7. The lowest BCUT2D eigenvalue weighted by Crippen LogP contribution is -2.45. The molecule has 1 fully saturated rings. The average molecular weight is 483 g/mol. The summed E-state index contributed by atoms with van der Waals surface area (Å²) >= 11 is 0. The van der Waals surface area contributed by atoms with Crippen molar-refractivity contribution in [2.45, 2.75) is 57.7 Å². The zero-order valence-electron chi connectivity index (χ0n) is 15.0. The first-order valence-corrected chi connectivity index (χ1v) is 8.79. The predicted molar refractivity (Wildman–Crippen MR) is 110 cm³/mol. The van der Waals surface area contributed by atoms with Crippen LogP contribution in [0.4, 0.5) is 8.78 Å². The minimum absolute atomic E-state index is 0. The summed E-state index contributed by atoms with van der Waals surface area (Å²) in [5.41, 5.74) is 0.892. The highest BCUT2D eigenvalue weighted by molar-refractivity contribution is 14.0. The van der Waals surface area contributed by atoms with E-state index >= 15 is 0 Å². The topological polar surface area (TPSA) is 65.9 Å². The Balaban J connectivity index is 0.00000338. The molecule has 0 unspecified atom stereocenters. The Morgan fingerprint density at radius 2 is 2.04 bits per heavy atom. The third-order valence-electron chi connectivity index (χ3n) is 4.08. The van der Waals surface area contributed by atoms with Gasteiger partial charge in [-0.25, -0.2) is 13.8 Å². The van der Waals surface area contributed by atoms with Crippen LogP contribution in [0.25, 0.3) is 0 Å². The number of aliphatic hydroxyl groups excluding tert-OH is 1. The molecule has 1 saturated carbocycles. The van der Waals surface area contributed by atoms with Gasteiger partial charge in [-0.3, -0.25) is 0 Å². The van der Waals surface area contributed by atoms with E-state index in [4.69, 9.17) is 4.74 Å². The van der Waals surface area contributed by atoms with Crippen molar-refractivity contribution in [1.82, 2.24) is 10.6 Å². The van der Waals surface area contributed by atoms with Crippen LogP contribution in [0.15, 0.2) is 29.3 Å². The Labute approximate surface area is 170 Å². The normalized spacial score (nSPS) is 20.4. The van der Waals surface area contributed by atoms with Crippen molar-refractivity contribution in [1.29, 1.82) is 0 Å². The number of hydrogen-bond acceptors (Lipinski definition) is 3. The van der Waals surface area contributed by atoms with Crippen LogP contribution in [0.1, 0.15) is 38.2 Å². The lowest BCUT2D eigenvalue weighted by atomic mass is 9.93. The third kappa shape index (κ3) is 8.48. The van der Waals surface area contributed by atoms with Crippen molar-refractivity contribution < 1.29 is 18.6 Å². The minimum Gasteiger partial charge on any atom is -0.488 e. The molecule has 2 rings (SSSR count). The van der Waals surface area contributed by atoms with E-state index in [1.54, 1.807) is 18.2 Å². The largest absolute Gasteiger partial charge is 0.488 e. The SMILES string of the molecule is CCNC(=NCc1cccc(OCC(F)F)c1)NC1CCC(O)CC1.I. The van der Waals surface area contributed by atoms with Crippen molar-refractivity contribution in [2.75, 3.05) is 13.2 Å². The van der Waals surface area contributed by atoms with Crippen LogP contribution in [-0.2, 0) is 6.54 Å². The smallest absolute Gasteiger partial charge is 0.272 e. The van der Waals surface area contributed by atoms with Gasteiger partial charge in [0.1, 0.15) is 12.4 Å². The number of guanidine groups is 1. The number of ether oxygens (including phenoxy) is 1. The molecule has 0 bridgehead atoms. The first-order chi connectivity index (χ1) is 12.1. The molecular formula is C18H28F2IN3O2. The highest BCUT2D eigenvalue weighted by Crippen LogP contribution is 2.18. The van der Waals surface area contributed by atoms with E-state index in [9.17, 15) is 13.9 Å². The predicted octanol–water partition coefficient (Wildman–Crippen LogP) is 3.31. The van der Waals surface area contributed by atoms with Crippen LogP contribution >= 0.6 is 24.0 Å². The summed E-state index contributed by atoms with van der Waals surface area (Å²) in [5.74, 6) is 1.15. The molecular weight excluding hydrogens is 455 g/mol. The summed E-state index contributed by atoms with van der Waals surface area (Å²) in [4.78, 5) is 4.56. The molecule has 0 atom stereocenters. The summed E-state index contributed by atoms with van der Waals surface area (Å²) in [6, 6.07) is 7.36. The Morgan fingerprint density at radius 1 is 1.31 bits per heavy atom. The van der Waals surface area contributed by atoms with Crippen molar-refractivity contribution in [3.8, 4) is 5.75 Å². The van der Waals surface area contributed by atoms with E-state index in [1.807, 2.05) is 13.0 Å². The highest BCUT2D eigenvalue weighted by atomic mass is 127. The maximum absolute atomic E-state index is 12.2. The zero-order valence-corrected chi connectivity index (χ0v) is 17.3. The number of nitrogens with one attached hydrogen (secondary N) is 2. The molecule has 1 aromatic carbocycles. The molecule has 0 amide bonds. The van der Waals surface area contributed by atoms with E-state index in [1.165, 1.54) is 0 Å². The fourth-order valence-electron chi connectivity index (χ4n) is 2.80. The van der Waals surface area contributed by atoms with Crippen LogP contribution in [0.5, 0.6) is 5.75 Å². The van der Waals surface area contributed by atoms with Crippen molar-refractivity contribution >= 4 is 29.9 Å². The van der Waals surface area contributed by atoms with E-state index in [-0.39, 0.29) is 30.1 Å². The Hall–Kier alpha value is -1.16. The average Bonchev–Trinajstić information content (AvgIpc) is 2.60. The summed E-state index contributed by atoms with van der Waals surface area (Å²) < 4.78 is 29.5. The second-order valence-corrected chi connectivity index (χ2v) is 6.19. The van der Waals surface area contributed by atoms with Gasteiger partial charge in [0.2, 0.25) is 0 Å². The van der Waals surface area contributed by atoms with Gasteiger partial charge in [-0.2, -0.15) is 0 Å². The van der Waals surface area contributed by atoms with Crippen molar-refractivity contribution in [3.63, 3.8) is 0 Å². The zero-order chi connectivity index (χ0) is 18.1. The lowest BCUT2D eigenvalue weighted by molar-refractivity contribution is 0.0818. The summed E-state index contributed by atoms with van der Waals surface area (Å²) in [6.45, 7) is 2.57. The van der Waals surface area contributed by atoms with Gasteiger partial charge < -0.3 is 20.5 Å². The van der Waals surface area contributed by atoms with Crippen molar-refractivity contribution in [3.05, 3.63) is 29.8 Å². The van der Waals surface area contributed by atoms with E-state index in [0.29, 0.717) is 18.3 Å². The van der Waals surface area contributed by atoms with E-state index in [2.05, 4.69) is 15.6 Å². The maximum Gasteiger partial charge on any atom is 0.272 e. The van der Waals surface area contributed by atoms with Crippen LogP contribution in [-0.4, -0.2) is 42.8 Å². The van der Waals surface area contributed by atoms with Gasteiger partial charge >= 0.3 is 0 Å². The number of hydrogen-bond donors (Lipinski definition) is 3. The van der Waals surface area contributed by atoms with Gasteiger partial charge in [0.05, 0.1) is 12.6 Å². The number of nitrogens with zero attached hydrogens (tertiary/aromatic N) is 1. The fraction of sp³-hybridized carbons (Fsp3) is 0.611. The number of aliphatic hydroxyl groups is 1. The molecule has 0 spiro atoms. The Morgan fingerprint density at radius 3 is 2.69 bits per heavy atom. The number of benzene rings is 1. The molecule has 1 aliphatic carbocycles. The van der Waals surface area contributed by atoms with Gasteiger partial charge in [-0.15, -0.1) is 24.0 Å². The van der Waals surface area contributed by atoms with Gasteiger partial charge in [-0.1, -0.05) is 12.1 Å². The monoisotopic (exact) mass is 483 g/mol. The molecule has 3 N–H and O–H groups in total. The fourth-order valence-corrected chi connectivity index (χ4v) is 2.80. The van der Waals surface area contributed by atoms with Gasteiger partial charge in [0.25, 0.3) is 6.43 Å². The first-order valence-electron chi connectivity index (χ1n) is 8.79. The molecule has 0 aliphatic heterocycles.